The van der Waals surface area contributed by atoms with E-state index in [0.29, 0.717) is 18.4 Å². The van der Waals surface area contributed by atoms with Crippen LogP contribution in [-0.4, -0.2) is 51.7 Å². The van der Waals surface area contributed by atoms with Gasteiger partial charge in [0.1, 0.15) is 5.75 Å². The van der Waals surface area contributed by atoms with E-state index in [1.807, 2.05) is 24.3 Å². The summed E-state index contributed by atoms with van der Waals surface area (Å²) in [6.07, 6.45) is 4.06. The fourth-order valence-corrected chi connectivity index (χ4v) is 4.80. The predicted octanol–water partition coefficient (Wildman–Crippen LogP) is 6.34. The van der Waals surface area contributed by atoms with Gasteiger partial charge in [-0.3, -0.25) is 0 Å². The van der Waals surface area contributed by atoms with Crippen LogP contribution in [0, 0.1) is 0 Å². The molecule has 0 bridgehead atoms. The molecule has 0 fully saturated rings. The average Bonchev–Trinajstić information content (AvgIpc) is 2.78. The van der Waals surface area contributed by atoms with Crippen molar-refractivity contribution in [2.24, 2.45) is 0 Å². The van der Waals surface area contributed by atoms with Crippen LogP contribution in [0.1, 0.15) is 29.5 Å². The smallest absolute Gasteiger partial charge is 0.494 e. The third-order valence-electron chi connectivity index (χ3n) is 4.29. The van der Waals surface area contributed by atoms with Crippen molar-refractivity contribution in [2.45, 2.75) is 20.0 Å². The molecule has 0 spiro atoms. The lowest BCUT2D eigenvalue weighted by atomic mass is 10.2. The highest BCUT2D eigenvalue weighted by Crippen LogP contribution is 2.40. The summed E-state index contributed by atoms with van der Waals surface area (Å²) in [6.45, 7) is 0.491. The molecule has 0 aliphatic rings. The first-order valence-corrected chi connectivity index (χ1v) is 13.6. The van der Waals surface area contributed by atoms with Gasteiger partial charge in [-0.25, -0.2) is 15.0 Å². The Balaban J connectivity index is 2.04. The third-order valence-corrected chi connectivity index (χ3v) is 8.14. The van der Waals surface area contributed by atoms with Gasteiger partial charge in [-0.15, -0.1) is 0 Å². The van der Waals surface area contributed by atoms with Crippen molar-refractivity contribution in [1.29, 1.82) is 0 Å². The molecule has 0 amide bonds. The number of rotatable bonds is 10. The van der Waals surface area contributed by atoms with Gasteiger partial charge in [0.15, 0.2) is 17.5 Å². The average molecular weight is 596 g/mol. The minimum absolute atomic E-state index is 0.158. The third kappa shape index (κ3) is 8.96. The monoisotopic (exact) mass is 593 g/mol. The number of alkyl halides is 6. The molecule has 1 heterocycles. The number of halogens is 6. The number of hydrogen-bond donors (Lipinski definition) is 0. The Hall–Kier alpha value is -0.393. The Bertz CT molecular complexity index is 894. The van der Waals surface area contributed by atoms with E-state index in [1.165, 1.54) is 0 Å². The molecule has 1 aromatic heterocycles. The zero-order valence-electron chi connectivity index (χ0n) is 17.8. The molecule has 0 aliphatic carbocycles. The van der Waals surface area contributed by atoms with Gasteiger partial charge in [-0.1, -0.05) is 87.8 Å². The lowest BCUT2D eigenvalue weighted by Crippen LogP contribution is -2.42. The predicted molar refractivity (Wildman–Crippen MR) is 135 cm³/mol. The highest BCUT2D eigenvalue weighted by molar-refractivity contribution is 6.67. The van der Waals surface area contributed by atoms with Gasteiger partial charge in [0.2, 0.25) is 7.59 Å². The Morgan fingerprint density at radius 1 is 0.788 bits per heavy atom. The summed E-state index contributed by atoms with van der Waals surface area (Å²) >= 11 is 35.3. The van der Waals surface area contributed by atoms with E-state index in [0.717, 1.165) is 12.0 Å². The molecule has 33 heavy (non-hydrogen) atoms. The molecule has 0 saturated heterocycles. The molecule has 2 aromatic rings. The molecular formula is C19H21Cl6N3O4Si. The molecule has 14 heteroatoms. The van der Waals surface area contributed by atoms with E-state index in [2.05, 4.69) is 15.0 Å². The Morgan fingerprint density at radius 3 is 1.76 bits per heavy atom. The molecule has 7 nitrogen and oxygen atoms in total. The maximum atomic E-state index is 5.88. The summed E-state index contributed by atoms with van der Waals surface area (Å²) < 4.78 is 18.1. The molecule has 2 rings (SSSR count). The van der Waals surface area contributed by atoms with Crippen LogP contribution in [-0.2, 0) is 20.9 Å². The topological polar surface area (TPSA) is 75.6 Å². The number of ether oxygens (including phenoxy) is 1. The van der Waals surface area contributed by atoms with E-state index >= 15 is 0 Å². The SMILES string of the molecule is CO[Si](CCCOc1ccc(C=Cc2nc(C(Cl)(Cl)Cl)nc(C(Cl)(Cl)Cl)n2)cc1)(OC)OC. The lowest BCUT2D eigenvalue weighted by Gasteiger charge is -2.24. The van der Waals surface area contributed by atoms with Crippen molar-refractivity contribution in [2.75, 3.05) is 27.9 Å². The standard InChI is InChI=1S/C19H21Cl6N3O4Si/c1-29-33(30-2,31-3)12-4-11-32-14-8-5-13(6-9-14)7-10-15-26-16(18(20,21)22)28-17(27-15)19(23,24)25/h5-10H,4,11-12H2,1-3H3. The molecule has 0 aliphatic heterocycles. The Kier molecular flexibility index (Phi) is 11.0. The molecule has 0 atom stereocenters. The molecule has 0 unspecified atom stereocenters. The van der Waals surface area contributed by atoms with E-state index in [-0.39, 0.29) is 17.5 Å². The summed E-state index contributed by atoms with van der Waals surface area (Å²) in [6, 6.07) is 8.03. The van der Waals surface area contributed by atoms with E-state index in [1.54, 1.807) is 33.5 Å². The number of benzene rings is 1. The van der Waals surface area contributed by atoms with E-state index in [4.69, 9.17) is 87.6 Å². The Morgan fingerprint density at radius 2 is 1.30 bits per heavy atom. The molecule has 0 radical (unpaired) electrons. The van der Waals surface area contributed by atoms with Gasteiger partial charge in [0.25, 0.3) is 0 Å². The van der Waals surface area contributed by atoms with Crippen LogP contribution in [0.25, 0.3) is 12.2 Å². The van der Waals surface area contributed by atoms with Crippen LogP contribution in [0.4, 0.5) is 0 Å². The summed E-state index contributed by atoms with van der Waals surface area (Å²) in [5, 5.41) is 0. The van der Waals surface area contributed by atoms with Crippen LogP contribution in [0.15, 0.2) is 24.3 Å². The highest BCUT2D eigenvalue weighted by atomic mass is 35.6. The van der Waals surface area contributed by atoms with Gasteiger partial charge in [-0.05, 0) is 30.2 Å². The van der Waals surface area contributed by atoms with Crippen molar-refractivity contribution >= 4 is 90.6 Å². The fourth-order valence-electron chi connectivity index (χ4n) is 2.60. The van der Waals surface area contributed by atoms with Crippen molar-refractivity contribution in [3.05, 3.63) is 47.3 Å². The first-order chi connectivity index (χ1) is 15.4. The fraction of sp³-hybridized carbons (Fsp3) is 0.421. The van der Waals surface area contributed by atoms with Crippen LogP contribution in [0.5, 0.6) is 5.75 Å². The van der Waals surface area contributed by atoms with Crippen LogP contribution in [0.3, 0.4) is 0 Å². The van der Waals surface area contributed by atoms with Crippen LogP contribution < -0.4 is 4.74 Å². The molecule has 0 N–H and O–H groups in total. The summed E-state index contributed by atoms with van der Waals surface area (Å²) in [5.41, 5.74) is 0.846. The Labute approximate surface area is 223 Å². The van der Waals surface area contributed by atoms with Crippen molar-refractivity contribution in [1.82, 2.24) is 15.0 Å². The molecule has 0 saturated carbocycles. The molecule has 182 valence electrons. The first kappa shape index (κ1) is 28.8. The van der Waals surface area contributed by atoms with Crippen molar-refractivity contribution < 1.29 is 18.0 Å². The largest absolute Gasteiger partial charge is 0.500 e. The number of aromatic nitrogens is 3. The van der Waals surface area contributed by atoms with Crippen molar-refractivity contribution in [3.8, 4) is 5.75 Å². The normalized spacial score (nSPS) is 13.0. The minimum atomic E-state index is -2.59. The molecule has 1 aromatic carbocycles. The molecular weight excluding hydrogens is 575 g/mol. The zero-order chi connectivity index (χ0) is 24.7. The zero-order valence-corrected chi connectivity index (χ0v) is 23.4. The van der Waals surface area contributed by atoms with Gasteiger partial charge in [-0.2, -0.15) is 0 Å². The second kappa shape index (κ2) is 12.5. The van der Waals surface area contributed by atoms with Crippen LogP contribution in [0.2, 0.25) is 6.04 Å². The summed E-state index contributed by atoms with van der Waals surface area (Å²) in [5.74, 6) is 0.559. The second-order valence-corrected chi connectivity index (χ2v) is 14.1. The van der Waals surface area contributed by atoms with E-state index < -0.39 is 16.4 Å². The maximum absolute atomic E-state index is 5.88. The summed E-state index contributed by atoms with van der Waals surface area (Å²) in [4.78, 5) is 12.1. The quantitative estimate of drug-likeness (QED) is 0.180. The van der Waals surface area contributed by atoms with Gasteiger partial charge in [0.05, 0.1) is 6.61 Å². The lowest BCUT2D eigenvalue weighted by molar-refractivity contribution is 0.121. The summed E-state index contributed by atoms with van der Waals surface area (Å²) in [7, 11) is 2.15. The van der Waals surface area contributed by atoms with Crippen LogP contribution >= 0.6 is 69.6 Å². The second-order valence-electron chi connectivity index (χ2n) is 6.49. The minimum Gasteiger partial charge on any atom is -0.494 e. The number of hydrogen-bond acceptors (Lipinski definition) is 7. The highest BCUT2D eigenvalue weighted by Gasteiger charge is 2.37. The van der Waals surface area contributed by atoms with Crippen molar-refractivity contribution in [3.63, 3.8) is 0 Å². The number of nitrogens with zero attached hydrogens (tertiary/aromatic N) is 3. The van der Waals surface area contributed by atoms with Gasteiger partial charge >= 0.3 is 8.80 Å². The first-order valence-electron chi connectivity index (χ1n) is 9.39. The van der Waals surface area contributed by atoms with E-state index in [9.17, 15) is 0 Å². The van der Waals surface area contributed by atoms with Gasteiger partial charge < -0.3 is 18.0 Å². The maximum Gasteiger partial charge on any atom is 0.500 e. The van der Waals surface area contributed by atoms with Gasteiger partial charge in [0, 0.05) is 27.4 Å².